The topological polar surface area (TPSA) is 77.6 Å². The van der Waals surface area contributed by atoms with Crippen molar-refractivity contribution in [3.8, 4) is 5.69 Å². The zero-order valence-corrected chi connectivity index (χ0v) is 16.4. The molecule has 3 heterocycles. The van der Waals surface area contributed by atoms with Gasteiger partial charge in [0.05, 0.1) is 24.0 Å². The number of benzene rings is 1. The molecule has 7 nitrogen and oxygen atoms in total. The summed E-state index contributed by atoms with van der Waals surface area (Å²) in [5, 5.41) is 7.21. The first-order chi connectivity index (χ1) is 14.1. The molecule has 0 aliphatic carbocycles. The van der Waals surface area contributed by atoms with Crippen molar-refractivity contribution in [1.29, 1.82) is 0 Å². The molecule has 7 heteroatoms. The highest BCUT2D eigenvalue weighted by Gasteiger charge is 2.17. The Bertz CT molecular complexity index is 1120. The molecule has 3 aromatic heterocycles. The summed E-state index contributed by atoms with van der Waals surface area (Å²) in [6.45, 7) is 5.00. The van der Waals surface area contributed by atoms with Crippen molar-refractivity contribution in [2.75, 3.05) is 0 Å². The predicted octanol–water partition coefficient (Wildman–Crippen LogP) is 3.06. The van der Waals surface area contributed by atoms with E-state index >= 15 is 0 Å². The van der Waals surface area contributed by atoms with Gasteiger partial charge in [0.1, 0.15) is 12.7 Å². The first-order valence-corrected chi connectivity index (χ1v) is 9.40. The van der Waals surface area contributed by atoms with E-state index < -0.39 is 0 Å². The molecule has 0 aliphatic heterocycles. The van der Waals surface area contributed by atoms with Gasteiger partial charge in [-0.05, 0) is 43.2 Å². The molecule has 29 heavy (non-hydrogen) atoms. The van der Waals surface area contributed by atoms with Crippen LogP contribution in [0.25, 0.3) is 5.69 Å². The van der Waals surface area contributed by atoms with Crippen LogP contribution in [0.1, 0.15) is 32.9 Å². The number of pyridine rings is 1. The maximum atomic E-state index is 12.9. The fourth-order valence-corrected chi connectivity index (χ4v) is 3.52. The fourth-order valence-electron chi connectivity index (χ4n) is 3.52. The Hall–Kier alpha value is -3.74. The van der Waals surface area contributed by atoms with Crippen LogP contribution < -0.4 is 5.32 Å². The summed E-state index contributed by atoms with van der Waals surface area (Å²) in [5.74, 6) is -0.0937. The highest BCUT2D eigenvalue weighted by atomic mass is 16.1. The second-order valence-corrected chi connectivity index (χ2v) is 6.88. The molecule has 0 radical (unpaired) electrons. The van der Waals surface area contributed by atoms with Crippen LogP contribution >= 0.6 is 0 Å². The number of hydrogen-bond acceptors (Lipinski definition) is 4. The van der Waals surface area contributed by atoms with E-state index in [-0.39, 0.29) is 5.91 Å². The van der Waals surface area contributed by atoms with Crippen molar-refractivity contribution in [3.63, 3.8) is 0 Å². The van der Waals surface area contributed by atoms with Crippen LogP contribution in [0.4, 0.5) is 0 Å². The van der Waals surface area contributed by atoms with Crippen molar-refractivity contribution in [1.82, 2.24) is 29.6 Å². The van der Waals surface area contributed by atoms with E-state index in [1.807, 2.05) is 60.9 Å². The third kappa shape index (κ3) is 3.94. The van der Waals surface area contributed by atoms with Gasteiger partial charge in [0.2, 0.25) is 0 Å². The number of nitrogens with zero attached hydrogens (tertiary/aromatic N) is 5. The van der Waals surface area contributed by atoms with Gasteiger partial charge in [-0.15, -0.1) is 0 Å². The number of rotatable bonds is 6. The lowest BCUT2D eigenvalue weighted by atomic mass is 10.1. The molecule has 0 fully saturated rings. The van der Waals surface area contributed by atoms with E-state index in [9.17, 15) is 4.79 Å². The quantitative estimate of drug-likeness (QED) is 0.552. The standard InChI is InChI=1S/C22H22N6O/c1-16-10-21(17(2)28(16)20-8-5-9-23-12-20)22(29)25-11-18-6-3-4-7-19(18)13-27-15-24-14-26-27/h3-10,12,14-15H,11,13H2,1-2H3,(H,25,29). The highest BCUT2D eigenvalue weighted by molar-refractivity contribution is 5.95. The molecule has 4 aromatic rings. The first-order valence-electron chi connectivity index (χ1n) is 9.40. The number of amides is 1. The second kappa shape index (κ2) is 8.10. The summed E-state index contributed by atoms with van der Waals surface area (Å²) in [6, 6.07) is 13.8. The Morgan fingerprint density at radius 1 is 1.07 bits per heavy atom. The largest absolute Gasteiger partial charge is 0.348 e. The molecular formula is C22H22N6O. The molecule has 0 aliphatic rings. The van der Waals surface area contributed by atoms with Crippen LogP contribution in [-0.4, -0.2) is 30.2 Å². The van der Waals surface area contributed by atoms with Gasteiger partial charge in [-0.2, -0.15) is 5.10 Å². The molecule has 0 spiro atoms. The van der Waals surface area contributed by atoms with Crippen LogP contribution in [0, 0.1) is 13.8 Å². The summed E-state index contributed by atoms with van der Waals surface area (Å²) in [6.07, 6.45) is 6.73. The summed E-state index contributed by atoms with van der Waals surface area (Å²) < 4.78 is 3.81. The maximum Gasteiger partial charge on any atom is 0.253 e. The van der Waals surface area contributed by atoms with E-state index in [4.69, 9.17) is 0 Å². The molecule has 0 bridgehead atoms. The number of carbonyl (C=O) groups excluding carboxylic acids is 1. The summed E-state index contributed by atoms with van der Waals surface area (Å²) >= 11 is 0. The Morgan fingerprint density at radius 3 is 2.62 bits per heavy atom. The fraction of sp³-hybridized carbons (Fsp3) is 0.182. The molecule has 146 valence electrons. The zero-order valence-electron chi connectivity index (χ0n) is 16.4. The monoisotopic (exact) mass is 386 g/mol. The van der Waals surface area contributed by atoms with Gasteiger partial charge in [0.25, 0.3) is 5.91 Å². The van der Waals surface area contributed by atoms with Crippen LogP contribution in [0.5, 0.6) is 0 Å². The summed E-state index contributed by atoms with van der Waals surface area (Å²) in [7, 11) is 0. The Balaban J connectivity index is 1.52. The van der Waals surface area contributed by atoms with Gasteiger partial charge >= 0.3 is 0 Å². The Kier molecular flexibility index (Phi) is 5.20. The zero-order chi connectivity index (χ0) is 20.2. The van der Waals surface area contributed by atoms with Crippen LogP contribution in [-0.2, 0) is 13.1 Å². The van der Waals surface area contributed by atoms with Crippen LogP contribution in [0.2, 0.25) is 0 Å². The SMILES string of the molecule is Cc1cc(C(=O)NCc2ccccc2Cn2cncn2)c(C)n1-c1cccnc1. The lowest BCUT2D eigenvalue weighted by Crippen LogP contribution is -2.24. The minimum absolute atomic E-state index is 0.0937. The molecular weight excluding hydrogens is 364 g/mol. The minimum atomic E-state index is -0.0937. The lowest BCUT2D eigenvalue weighted by Gasteiger charge is -2.11. The van der Waals surface area contributed by atoms with Gasteiger partial charge in [-0.3, -0.25) is 9.78 Å². The van der Waals surface area contributed by atoms with Crippen LogP contribution in [0.15, 0.2) is 67.5 Å². The Labute approximate surface area is 169 Å². The van der Waals surface area contributed by atoms with E-state index in [2.05, 4.69) is 20.4 Å². The minimum Gasteiger partial charge on any atom is -0.348 e. The first kappa shape index (κ1) is 18.6. The van der Waals surface area contributed by atoms with Gasteiger partial charge < -0.3 is 9.88 Å². The molecule has 0 unspecified atom stereocenters. The lowest BCUT2D eigenvalue weighted by molar-refractivity contribution is 0.0950. The van der Waals surface area contributed by atoms with Gasteiger partial charge in [0, 0.05) is 24.1 Å². The normalized spacial score (nSPS) is 10.8. The van der Waals surface area contributed by atoms with Crippen molar-refractivity contribution in [3.05, 3.63) is 95.6 Å². The van der Waals surface area contributed by atoms with Crippen molar-refractivity contribution < 1.29 is 4.79 Å². The third-order valence-corrected chi connectivity index (χ3v) is 4.94. The molecule has 1 aromatic carbocycles. The number of hydrogen-bond donors (Lipinski definition) is 1. The smallest absolute Gasteiger partial charge is 0.253 e. The Morgan fingerprint density at radius 2 is 1.90 bits per heavy atom. The van der Waals surface area contributed by atoms with Gasteiger partial charge in [-0.25, -0.2) is 9.67 Å². The molecule has 0 saturated heterocycles. The summed E-state index contributed by atoms with van der Waals surface area (Å²) in [5.41, 5.74) is 5.65. The molecule has 4 rings (SSSR count). The average Bonchev–Trinajstić information content (AvgIpc) is 3.35. The molecule has 1 amide bonds. The van der Waals surface area contributed by atoms with Crippen molar-refractivity contribution in [2.24, 2.45) is 0 Å². The number of carbonyl (C=O) groups is 1. The van der Waals surface area contributed by atoms with E-state index in [0.717, 1.165) is 28.2 Å². The van der Waals surface area contributed by atoms with Gasteiger partial charge in [0.15, 0.2) is 0 Å². The molecule has 0 saturated carbocycles. The van der Waals surface area contributed by atoms with Crippen molar-refractivity contribution >= 4 is 5.91 Å². The molecule has 0 atom stereocenters. The highest BCUT2D eigenvalue weighted by Crippen LogP contribution is 2.20. The van der Waals surface area contributed by atoms with E-state index in [1.165, 1.54) is 6.33 Å². The second-order valence-electron chi connectivity index (χ2n) is 6.88. The van der Waals surface area contributed by atoms with E-state index in [1.54, 1.807) is 23.4 Å². The number of aryl methyl sites for hydroxylation is 1. The number of aromatic nitrogens is 5. The number of nitrogens with one attached hydrogen (secondary N) is 1. The molecule has 1 N–H and O–H groups in total. The van der Waals surface area contributed by atoms with E-state index in [0.29, 0.717) is 18.7 Å². The third-order valence-electron chi connectivity index (χ3n) is 4.94. The van der Waals surface area contributed by atoms with Crippen molar-refractivity contribution in [2.45, 2.75) is 26.9 Å². The maximum absolute atomic E-state index is 12.9. The predicted molar refractivity (Wildman–Crippen MR) is 110 cm³/mol. The summed E-state index contributed by atoms with van der Waals surface area (Å²) in [4.78, 5) is 21.1. The average molecular weight is 386 g/mol. The van der Waals surface area contributed by atoms with Crippen LogP contribution in [0.3, 0.4) is 0 Å². The van der Waals surface area contributed by atoms with Gasteiger partial charge in [-0.1, -0.05) is 24.3 Å².